The molecule has 0 aliphatic heterocycles. The van der Waals surface area contributed by atoms with E-state index in [0.29, 0.717) is 11.4 Å². The van der Waals surface area contributed by atoms with Crippen molar-refractivity contribution in [2.24, 2.45) is 0 Å². The molecular formula is C19H20N4O2. The number of H-pyrrole nitrogens is 1. The van der Waals surface area contributed by atoms with Gasteiger partial charge in [-0.15, -0.1) is 10.2 Å². The van der Waals surface area contributed by atoms with Crippen molar-refractivity contribution in [3.05, 3.63) is 59.9 Å². The number of aliphatic hydroxyl groups is 1. The second-order valence-electron chi connectivity index (χ2n) is 6.06. The standard InChI is InChI=1S/C19H20N4O2/c1-12-3-5-14(6-4-12)15-7-16(18-20-11-21-23-18)9-17(8-15)19(25)22-13(2)10-24/h3-9,11,13,24H,10H2,1-2H3,(H,22,25)(H,20,21,23)/t13-/m0/s1. The second kappa shape index (κ2) is 7.27. The number of rotatable bonds is 5. The Kier molecular flexibility index (Phi) is 4.90. The first kappa shape index (κ1) is 16.9. The first-order chi connectivity index (χ1) is 12.1. The molecule has 0 aliphatic carbocycles. The minimum atomic E-state index is -0.315. The second-order valence-corrected chi connectivity index (χ2v) is 6.06. The molecule has 6 nitrogen and oxygen atoms in total. The summed E-state index contributed by atoms with van der Waals surface area (Å²) in [5.41, 5.74) is 4.37. The summed E-state index contributed by atoms with van der Waals surface area (Å²) in [6.45, 7) is 3.67. The van der Waals surface area contributed by atoms with Crippen LogP contribution in [0, 0.1) is 6.92 Å². The summed E-state index contributed by atoms with van der Waals surface area (Å²) >= 11 is 0. The van der Waals surface area contributed by atoms with Gasteiger partial charge in [-0.1, -0.05) is 29.8 Å². The van der Waals surface area contributed by atoms with Gasteiger partial charge in [0, 0.05) is 17.2 Å². The van der Waals surface area contributed by atoms with Gasteiger partial charge in [0.15, 0.2) is 5.82 Å². The predicted molar refractivity (Wildman–Crippen MR) is 96.0 cm³/mol. The molecule has 3 aromatic rings. The van der Waals surface area contributed by atoms with Crippen molar-refractivity contribution in [2.75, 3.05) is 6.61 Å². The van der Waals surface area contributed by atoms with E-state index in [9.17, 15) is 4.79 Å². The zero-order chi connectivity index (χ0) is 17.8. The van der Waals surface area contributed by atoms with Crippen LogP contribution in [0.5, 0.6) is 0 Å². The van der Waals surface area contributed by atoms with Crippen LogP contribution in [-0.2, 0) is 0 Å². The number of amides is 1. The SMILES string of the molecule is Cc1ccc(-c2cc(C(=O)N[C@@H](C)CO)cc(-c3nnc[nH]3)c2)cc1. The average Bonchev–Trinajstić information content (AvgIpc) is 3.16. The van der Waals surface area contributed by atoms with Gasteiger partial charge in [-0.2, -0.15) is 0 Å². The summed E-state index contributed by atoms with van der Waals surface area (Å²) in [6, 6.07) is 13.4. The zero-order valence-electron chi connectivity index (χ0n) is 14.2. The van der Waals surface area contributed by atoms with Gasteiger partial charge in [0.05, 0.1) is 6.61 Å². The maximum absolute atomic E-state index is 12.5. The number of nitrogens with one attached hydrogen (secondary N) is 2. The van der Waals surface area contributed by atoms with Crippen molar-refractivity contribution in [2.45, 2.75) is 19.9 Å². The van der Waals surface area contributed by atoms with Crippen molar-refractivity contribution >= 4 is 5.91 Å². The quantitative estimate of drug-likeness (QED) is 0.668. The molecule has 1 amide bonds. The lowest BCUT2D eigenvalue weighted by molar-refractivity contribution is 0.0922. The van der Waals surface area contributed by atoms with E-state index in [0.717, 1.165) is 16.7 Å². The van der Waals surface area contributed by atoms with Gasteiger partial charge in [0.2, 0.25) is 0 Å². The third-order valence-corrected chi connectivity index (χ3v) is 3.92. The highest BCUT2D eigenvalue weighted by Crippen LogP contribution is 2.27. The molecule has 0 saturated carbocycles. The van der Waals surface area contributed by atoms with Crippen LogP contribution in [0.3, 0.4) is 0 Å². The number of nitrogens with zero attached hydrogens (tertiary/aromatic N) is 2. The van der Waals surface area contributed by atoms with Crippen LogP contribution in [-0.4, -0.2) is 38.8 Å². The third kappa shape index (κ3) is 3.92. The molecular weight excluding hydrogens is 316 g/mol. The number of carbonyl (C=O) groups is 1. The normalized spacial score (nSPS) is 12.0. The largest absolute Gasteiger partial charge is 0.394 e. The molecule has 2 aromatic carbocycles. The van der Waals surface area contributed by atoms with E-state index >= 15 is 0 Å². The smallest absolute Gasteiger partial charge is 0.251 e. The molecule has 1 atom stereocenters. The number of hydrogen-bond acceptors (Lipinski definition) is 4. The van der Waals surface area contributed by atoms with E-state index in [1.54, 1.807) is 13.0 Å². The van der Waals surface area contributed by atoms with Crippen LogP contribution in [0.4, 0.5) is 0 Å². The average molecular weight is 336 g/mol. The molecule has 0 bridgehead atoms. The van der Waals surface area contributed by atoms with E-state index in [4.69, 9.17) is 5.11 Å². The Morgan fingerprint density at radius 2 is 1.88 bits per heavy atom. The van der Waals surface area contributed by atoms with Crippen molar-refractivity contribution in [1.82, 2.24) is 20.5 Å². The lowest BCUT2D eigenvalue weighted by atomic mass is 9.98. The van der Waals surface area contributed by atoms with Crippen LogP contribution in [0.1, 0.15) is 22.8 Å². The van der Waals surface area contributed by atoms with Crippen molar-refractivity contribution in [3.8, 4) is 22.5 Å². The molecule has 3 rings (SSSR count). The summed E-state index contributed by atoms with van der Waals surface area (Å²) in [5, 5.41) is 19.8. The molecule has 0 spiro atoms. The molecule has 3 N–H and O–H groups in total. The Morgan fingerprint density at radius 1 is 1.16 bits per heavy atom. The molecule has 1 aromatic heterocycles. The number of aryl methyl sites for hydroxylation is 1. The van der Waals surface area contributed by atoms with E-state index in [1.807, 2.05) is 43.3 Å². The van der Waals surface area contributed by atoms with Gasteiger partial charge in [-0.05, 0) is 43.2 Å². The van der Waals surface area contributed by atoms with Crippen LogP contribution >= 0.6 is 0 Å². The highest BCUT2D eigenvalue weighted by Gasteiger charge is 2.14. The Labute approximate surface area is 145 Å². The van der Waals surface area contributed by atoms with Crippen LogP contribution in [0.2, 0.25) is 0 Å². The van der Waals surface area contributed by atoms with Crippen LogP contribution in [0.15, 0.2) is 48.8 Å². The van der Waals surface area contributed by atoms with Crippen LogP contribution < -0.4 is 5.32 Å². The predicted octanol–water partition coefficient (Wildman–Crippen LogP) is 2.56. The summed E-state index contributed by atoms with van der Waals surface area (Å²) in [6.07, 6.45) is 1.50. The minimum Gasteiger partial charge on any atom is -0.394 e. The molecule has 0 unspecified atom stereocenters. The molecule has 0 fully saturated rings. The minimum absolute atomic E-state index is 0.113. The number of aliphatic hydroxyl groups excluding tert-OH is 1. The molecule has 1 heterocycles. The van der Waals surface area contributed by atoms with Gasteiger partial charge in [0.1, 0.15) is 6.33 Å². The Balaban J connectivity index is 2.05. The van der Waals surface area contributed by atoms with E-state index in [1.165, 1.54) is 11.9 Å². The van der Waals surface area contributed by atoms with Crippen molar-refractivity contribution < 1.29 is 9.90 Å². The number of hydrogen-bond donors (Lipinski definition) is 3. The fraction of sp³-hybridized carbons (Fsp3) is 0.211. The zero-order valence-corrected chi connectivity index (χ0v) is 14.2. The maximum Gasteiger partial charge on any atom is 0.251 e. The van der Waals surface area contributed by atoms with Crippen molar-refractivity contribution in [1.29, 1.82) is 0 Å². The molecule has 6 heteroatoms. The monoisotopic (exact) mass is 336 g/mol. The highest BCUT2D eigenvalue weighted by molar-refractivity contribution is 5.97. The van der Waals surface area contributed by atoms with Gasteiger partial charge >= 0.3 is 0 Å². The number of aromatic amines is 1. The summed E-state index contributed by atoms with van der Waals surface area (Å²) in [5.74, 6) is 0.356. The molecule has 0 aliphatic rings. The van der Waals surface area contributed by atoms with Crippen LogP contribution in [0.25, 0.3) is 22.5 Å². The van der Waals surface area contributed by atoms with Crippen molar-refractivity contribution in [3.63, 3.8) is 0 Å². The number of carbonyl (C=O) groups excluding carboxylic acids is 1. The molecule has 0 saturated heterocycles. The lowest BCUT2D eigenvalue weighted by Crippen LogP contribution is -2.35. The fourth-order valence-corrected chi connectivity index (χ4v) is 2.51. The third-order valence-electron chi connectivity index (χ3n) is 3.92. The van der Waals surface area contributed by atoms with E-state index in [-0.39, 0.29) is 18.6 Å². The van der Waals surface area contributed by atoms with Gasteiger partial charge in [0.25, 0.3) is 5.91 Å². The van der Waals surface area contributed by atoms with Gasteiger partial charge in [-0.3, -0.25) is 4.79 Å². The Hall–Kier alpha value is -2.99. The first-order valence-corrected chi connectivity index (χ1v) is 8.07. The summed E-state index contributed by atoms with van der Waals surface area (Å²) in [7, 11) is 0. The topological polar surface area (TPSA) is 90.9 Å². The summed E-state index contributed by atoms with van der Waals surface area (Å²) in [4.78, 5) is 15.5. The fourth-order valence-electron chi connectivity index (χ4n) is 2.51. The van der Waals surface area contributed by atoms with E-state index < -0.39 is 0 Å². The molecule has 25 heavy (non-hydrogen) atoms. The maximum atomic E-state index is 12.5. The molecule has 0 radical (unpaired) electrons. The highest BCUT2D eigenvalue weighted by atomic mass is 16.3. The first-order valence-electron chi connectivity index (χ1n) is 8.07. The summed E-state index contributed by atoms with van der Waals surface area (Å²) < 4.78 is 0. The van der Waals surface area contributed by atoms with Gasteiger partial charge < -0.3 is 15.4 Å². The number of benzene rings is 2. The van der Waals surface area contributed by atoms with E-state index in [2.05, 4.69) is 20.5 Å². The van der Waals surface area contributed by atoms with Gasteiger partial charge in [-0.25, -0.2) is 0 Å². The lowest BCUT2D eigenvalue weighted by Gasteiger charge is -2.13. The Bertz CT molecular complexity index is 858. The molecule has 128 valence electrons. The Morgan fingerprint density at radius 3 is 2.52 bits per heavy atom. The number of aromatic nitrogens is 3.